The van der Waals surface area contributed by atoms with Crippen LogP contribution in [-0.2, 0) is 9.59 Å². The number of likely N-dealkylation sites (tertiary alicyclic amines) is 1. The fraction of sp³-hybridized carbons (Fsp3) is 0.467. The number of carbonyl (C=O) groups excluding carboxylic acids is 1. The Balaban J connectivity index is 1.99. The molecule has 1 aromatic rings. The monoisotopic (exact) mass is 355 g/mol. The van der Waals surface area contributed by atoms with Crippen LogP contribution in [0.1, 0.15) is 19.8 Å². The molecule has 21 heavy (non-hydrogen) atoms. The molecule has 1 amide bonds. The molecule has 0 unspecified atom stereocenters. The van der Waals surface area contributed by atoms with Crippen molar-refractivity contribution in [2.75, 3.05) is 13.1 Å². The molecule has 1 aliphatic heterocycles. The van der Waals surface area contributed by atoms with Crippen LogP contribution in [0.4, 0.5) is 0 Å². The average Bonchev–Trinajstić information content (AvgIpc) is 2.49. The summed E-state index contributed by atoms with van der Waals surface area (Å²) in [5.74, 6) is -0.882. The number of rotatable bonds is 4. The summed E-state index contributed by atoms with van der Waals surface area (Å²) in [6.45, 7) is 2.54. The van der Waals surface area contributed by atoms with Crippen LogP contribution in [0.25, 0.3) is 0 Å². The third-order valence-electron chi connectivity index (χ3n) is 3.57. The Morgan fingerprint density at radius 3 is 2.81 bits per heavy atom. The van der Waals surface area contributed by atoms with Gasteiger partial charge >= 0.3 is 5.97 Å². The SMILES string of the molecule is C[C@H](Oc1ccccc1Br)C(=O)N1CCC[C@H](C(=O)O)C1. The Kier molecular flexibility index (Phi) is 5.22. The number of amides is 1. The fourth-order valence-corrected chi connectivity index (χ4v) is 2.80. The molecule has 0 aromatic heterocycles. The molecule has 114 valence electrons. The van der Waals surface area contributed by atoms with Gasteiger partial charge in [0.2, 0.25) is 0 Å². The minimum Gasteiger partial charge on any atom is -0.481 e. The molecule has 1 aliphatic rings. The van der Waals surface area contributed by atoms with E-state index in [9.17, 15) is 9.59 Å². The Morgan fingerprint density at radius 1 is 1.43 bits per heavy atom. The Hall–Kier alpha value is -1.56. The molecule has 0 saturated carbocycles. The quantitative estimate of drug-likeness (QED) is 0.900. The average molecular weight is 356 g/mol. The summed E-state index contributed by atoms with van der Waals surface area (Å²) in [6.07, 6.45) is 0.694. The van der Waals surface area contributed by atoms with E-state index in [1.807, 2.05) is 18.2 Å². The number of hydrogen-bond donors (Lipinski definition) is 1. The van der Waals surface area contributed by atoms with Gasteiger partial charge in [0.15, 0.2) is 6.10 Å². The van der Waals surface area contributed by atoms with E-state index < -0.39 is 18.0 Å². The van der Waals surface area contributed by atoms with Gasteiger partial charge in [-0.1, -0.05) is 12.1 Å². The molecule has 1 saturated heterocycles. The largest absolute Gasteiger partial charge is 0.481 e. The zero-order valence-corrected chi connectivity index (χ0v) is 13.4. The highest BCUT2D eigenvalue weighted by Gasteiger charge is 2.31. The highest BCUT2D eigenvalue weighted by atomic mass is 79.9. The molecule has 0 aliphatic carbocycles. The first-order chi connectivity index (χ1) is 9.99. The van der Waals surface area contributed by atoms with Crippen molar-refractivity contribution in [3.8, 4) is 5.75 Å². The molecule has 2 rings (SSSR count). The molecular weight excluding hydrogens is 338 g/mol. The first kappa shape index (κ1) is 15.8. The van der Waals surface area contributed by atoms with Crippen LogP contribution in [0.15, 0.2) is 28.7 Å². The minimum atomic E-state index is -0.841. The van der Waals surface area contributed by atoms with Crippen LogP contribution in [0.3, 0.4) is 0 Å². The second kappa shape index (κ2) is 6.93. The van der Waals surface area contributed by atoms with Gasteiger partial charge in [0.25, 0.3) is 5.91 Å². The van der Waals surface area contributed by atoms with Crippen molar-refractivity contribution in [3.05, 3.63) is 28.7 Å². The maximum atomic E-state index is 12.4. The van der Waals surface area contributed by atoms with Crippen molar-refractivity contribution in [1.82, 2.24) is 4.90 Å². The number of para-hydroxylation sites is 1. The van der Waals surface area contributed by atoms with E-state index in [2.05, 4.69) is 15.9 Å². The van der Waals surface area contributed by atoms with Gasteiger partial charge in [-0.25, -0.2) is 0 Å². The number of nitrogens with zero attached hydrogens (tertiary/aromatic N) is 1. The van der Waals surface area contributed by atoms with Gasteiger partial charge in [-0.2, -0.15) is 0 Å². The standard InChI is InChI=1S/C15H18BrNO4/c1-10(21-13-7-3-2-6-12(13)16)14(18)17-8-4-5-11(9-17)15(19)20/h2-3,6-7,10-11H,4-5,8-9H2,1H3,(H,19,20)/t10-,11-/m0/s1. The molecule has 5 nitrogen and oxygen atoms in total. The van der Waals surface area contributed by atoms with Crippen molar-refractivity contribution in [2.24, 2.45) is 5.92 Å². The van der Waals surface area contributed by atoms with Gasteiger partial charge < -0.3 is 14.7 Å². The number of piperidine rings is 1. The van der Waals surface area contributed by atoms with Crippen LogP contribution < -0.4 is 4.74 Å². The van der Waals surface area contributed by atoms with Crippen molar-refractivity contribution >= 4 is 27.8 Å². The lowest BCUT2D eigenvalue weighted by molar-refractivity contribution is -0.147. The first-order valence-electron chi connectivity index (χ1n) is 6.92. The second-order valence-electron chi connectivity index (χ2n) is 5.15. The normalized spacial score (nSPS) is 19.9. The zero-order valence-electron chi connectivity index (χ0n) is 11.8. The van der Waals surface area contributed by atoms with Crippen molar-refractivity contribution in [2.45, 2.75) is 25.9 Å². The third kappa shape index (κ3) is 3.97. The summed E-state index contributed by atoms with van der Waals surface area (Å²) in [5.41, 5.74) is 0. The van der Waals surface area contributed by atoms with Crippen molar-refractivity contribution in [1.29, 1.82) is 0 Å². The third-order valence-corrected chi connectivity index (χ3v) is 4.23. The lowest BCUT2D eigenvalue weighted by atomic mass is 9.98. The van der Waals surface area contributed by atoms with E-state index in [0.717, 1.165) is 4.47 Å². The maximum absolute atomic E-state index is 12.4. The Morgan fingerprint density at radius 2 is 2.14 bits per heavy atom. The highest BCUT2D eigenvalue weighted by Crippen LogP contribution is 2.25. The summed E-state index contributed by atoms with van der Waals surface area (Å²) in [6, 6.07) is 7.32. The summed E-state index contributed by atoms with van der Waals surface area (Å²) in [5, 5.41) is 9.07. The fourth-order valence-electron chi connectivity index (χ4n) is 2.42. The van der Waals surface area contributed by atoms with Gasteiger partial charge in [-0.15, -0.1) is 0 Å². The van der Waals surface area contributed by atoms with Crippen LogP contribution in [0.5, 0.6) is 5.75 Å². The van der Waals surface area contributed by atoms with Crippen LogP contribution >= 0.6 is 15.9 Å². The number of aliphatic carboxylic acids is 1. The molecule has 2 atom stereocenters. The van der Waals surface area contributed by atoms with E-state index in [4.69, 9.17) is 9.84 Å². The summed E-state index contributed by atoms with van der Waals surface area (Å²) in [7, 11) is 0. The molecule has 0 radical (unpaired) electrons. The van der Waals surface area contributed by atoms with Gasteiger partial charge in [-0.05, 0) is 47.8 Å². The lowest BCUT2D eigenvalue weighted by Crippen LogP contribution is -2.47. The number of ether oxygens (including phenoxy) is 1. The van der Waals surface area contributed by atoms with Crippen LogP contribution in [0.2, 0.25) is 0 Å². The number of carboxylic acids is 1. The van der Waals surface area contributed by atoms with Gasteiger partial charge in [-0.3, -0.25) is 9.59 Å². The Labute approximate surface area is 132 Å². The van der Waals surface area contributed by atoms with E-state index in [1.54, 1.807) is 17.9 Å². The molecule has 1 heterocycles. The van der Waals surface area contributed by atoms with Gasteiger partial charge in [0, 0.05) is 13.1 Å². The van der Waals surface area contributed by atoms with Gasteiger partial charge in [0.05, 0.1) is 10.4 Å². The summed E-state index contributed by atoms with van der Waals surface area (Å²) < 4.78 is 6.45. The maximum Gasteiger partial charge on any atom is 0.308 e. The number of halogens is 1. The van der Waals surface area contributed by atoms with E-state index in [-0.39, 0.29) is 12.5 Å². The van der Waals surface area contributed by atoms with Crippen LogP contribution in [-0.4, -0.2) is 41.1 Å². The number of benzene rings is 1. The van der Waals surface area contributed by atoms with Crippen LogP contribution in [0, 0.1) is 5.92 Å². The highest BCUT2D eigenvalue weighted by molar-refractivity contribution is 9.10. The molecular formula is C15H18BrNO4. The molecule has 0 bridgehead atoms. The zero-order chi connectivity index (χ0) is 15.4. The molecule has 6 heteroatoms. The molecule has 1 fully saturated rings. The smallest absolute Gasteiger partial charge is 0.308 e. The van der Waals surface area contributed by atoms with Crippen molar-refractivity contribution < 1.29 is 19.4 Å². The predicted molar refractivity (Wildman–Crippen MR) is 81.2 cm³/mol. The van der Waals surface area contributed by atoms with E-state index >= 15 is 0 Å². The Bertz CT molecular complexity index is 534. The van der Waals surface area contributed by atoms with E-state index in [1.165, 1.54) is 0 Å². The molecule has 0 spiro atoms. The predicted octanol–water partition coefficient (Wildman–Crippen LogP) is 2.54. The summed E-state index contributed by atoms with van der Waals surface area (Å²) >= 11 is 3.37. The number of carbonyl (C=O) groups is 2. The lowest BCUT2D eigenvalue weighted by Gasteiger charge is -2.32. The topological polar surface area (TPSA) is 66.8 Å². The molecule has 1 aromatic carbocycles. The molecule has 1 N–H and O–H groups in total. The number of carboxylic acid groups (broad SMARTS) is 1. The first-order valence-corrected chi connectivity index (χ1v) is 7.71. The van der Waals surface area contributed by atoms with E-state index in [0.29, 0.717) is 25.1 Å². The minimum absolute atomic E-state index is 0.170. The second-order valence-corrected chi connectivity index (χ2v) is 6.01. The number of hydrogen-bond acceptors (Lipinski definition) is 3. The van der Waals surface area contributed by atoms with Crippen molar-refractivity contribution in [3.63, 3.8) is 0 Å². The van der Waals surface area contributed by atoms with Gasteiger partial charge in [0.1, 0.15) is 5.75 Å². The summed E-state index contributed by atoms with van der Waals surface area (Å²) in [4.78, 5) is 25.0.